The van der Waals surface area contributed by atoms with E-state index in [1.807, 2.05) is 13.0 Å². The Balaban J connectivity index is 1.47. The molecule has 4 atom stereocenters. The zero-order valence-electron chi connectivity index (χ0n) is 24.8. The summed E-state index contributed by atoms with van der Waals surface area (Å²) in [7, 11) is 1.28. The number of carbonyl (C=O) groups excluding carboxylic acids is 2. The fourth-order valence-corrected chi connectivity index (χ4v) is 6.30. The van der Waals surface area contributed by atoms with Crippen LogP contribution in [0.5, 0.6) is 5.75 Å². The minimum absolute atomic E-state index is 0.00196. The van der Waals surface area contributed by atoms with Crippen molar-refractivity contribution in [3.05, 3.63) is 98.5 Å². The molecule has 0 unspecified atom stereocenters. The second-order valence-electron chi connectivity index (χ2n) is 11.5. The smallest absolute Gasteiger partial charge is 0.274 e. The van der Waals surface area contributed by atoms with Crippen LogP contribution >= 0.6 is 0 Å². The highest BCUT2D eigenvalue weighted by atomic mass is 19.1. The summed E-state index contributed by atoms with van der Waals surface area (Å²) in [5.74, 6) is -3.69. The fraction of sp³-hybridized carbons (Fsp3) is 0.375. The van der Waals surface area contributed by atoms with Gasteiger partial charge >= 0.3 is 0 Å². The molecule has 1 saturated heterocycles. The van der Waals surface area contributed by atoms with Gasteiger partial charge < -0.3 is 29.1 Å². The Morgan fingerprint density at radius 1 is 1.20 bits per heavy atom. The van der Waals surface area contributed by atoms with E-state index in [1.165, 1.54) is 24.8 Å². The van der Waals surface area contributed by atoms with Gasteiger partial charge in [-0.25, -0.2) is 13.2 Å². The molecule has 1 N–H and O–H groups in total. The summed E-state index contributed by atoms with van der Waals surface area (Å²) >= 11 is 0. The number of halogens is 3. The van der Waals surface area contributed by atoms with E-state index in [0.717, 1.165) is 6.07 Å². The van der Waals surface area contributed by atoms with Crippen molar-refractivity contribution in [3.8, 4) is 5.75 Å². The number of carbonyl (C=O) groups is 2. The third-order valence-corrected chi connectivity index (χ3v) is 8.85. The SMILES string of the molecule is COC1=NO[C@@]2(CC[C@H](C)N3C[C@H]2n2cc(C(=O)NCc4c(C)cc(F)cc4F)c(=O)c(OCc4ccccc4)c2C3=O)[C@H]1F. The van der Waals surface area contributed by atoms with Gasteiger partial charge in [0.1, 0.15) is 23.8 Å². The van der Waals surface area contributed by atoms with Crippen molar-refractivity contribution in [2.24, 2.45) is 5.16 Å². The average molecular weight is 625 g/mol. The summed E-state index contributed by atoms with van der Waals surface area (Å²) in [6, 6.07) is 9.46. The van der Waals surface area contributed by atoms with E-state index in [-0.39, 0.29) is 60.6 Å². The molecule has 2 aromatic carbocycles. The topological polar surface area (TPSA) is 111 Å². The lowest BCUT2D eigenvalue weighted by Gasteiger charge is -2.42. The third kappa shape index (κ3) is 5.09. The standard InChI is InChI=1S/C32H31F3N4O6/c1-17-11-20(33)12-23(34)21(17)13-36-29(41)22-14-39-24-15-38(18(2)9-10-32(24)28(35)30(43-3)37-45-32)31(42)25(39)27(26(22)40)44-16-19-7-5-4-6-8-19/h4-8,11-12,14,18,24,28H,9-10,13,15-16H2,1-3H3,(H,36,41)/t18-,24+,28-,32+/m0/s1. The number of nitrogens with one attached hydrogen (secondary N) is 1. The van der Waals surface area contributed by atoms with Crippen LogP contribution in [0.1, 0.15) is 63.3 Å². The van der Waals surface area contributed by atoms with Crippen LogP contribution in [0.25, 0.3) is 0 Å². The molecule has 2 amide bonds. The van der Waals surface area contributed by atoms with E-state index in [9.17, 15) is 23.2 Å². The van der Waals surface area contributed by atoms with Crippen LogP contribution in [0.2, 0.25) is 0 Å². The molecule has 2 bridgehead atoms. The summed E-state index contributed by atoms with van der Waals surface area (Å²) in [4.78, 5) is 48.9. The van der Waals surface area contributed by atoms with Crippen molar-refractivity contribution in [1.29, 1.82) is 0 Å². The summed E-state index contributed by atoms with van der Waals surface area (Å²) in [5, 5.41) is 6.37. The molecular formula is C32H31F3N4O6. The predicted octanol–water partition coefficient (Wildman–Crippen LogP) is 4.19. The van der Waals surface area contributed by atoms with E-state index in [0.29, 0.717) is 18.1 Å². The number of hydrogen-bond donors (Lipinski definition) is 1. The van der Waals surface area contributed by atoms with Gasteiger partial charge in [0, 0.05) is 37.0 Å². The van der Waals surface area contributed by atoms with Gasteiger partial charge in [-0.05, 0) is 49.0 Å². The van der Waals surface area contributed by atoms with Crippen molar-refractivity contribution in [3.63, 3.8) is 0 Å². The van der Waals surface area contributed by atoms with Crippen molar-refractivity contribution >= 4 is 17.7 Å². The number of aromatic nitrogens is 1. The highest BCUT2D eigenvalue weighted by Crippen LogP contribution is 2.47. The van der Waals surface area contributed by atoms with Gasteiger partial charge in [0.2, 0.25) is 11.6 Å². The van der Waals surface area contributed by atoms with Gasteiger partial charge in [0.25, 0.3) is 17.7 Å². The Morgan fingerprint density at radius 2 is 1.96 bits per heavy atom. The molecule has 13 heteroatoms. The van der Waals surface area contributed by atoms with E-state index in [2.05, 4.69) is 10.5 Å². The lowest BCUT2D eigenvalue weighted by molar-refractivity contribution is -0.0960. The second-order valence-corrected chi connectivity index (χ2v) is 11.5. The average Bonchev–Trinajstić information content (AvgIpc) is 3.27. The third-order valence-electron chi connectivity index (χ3n) is 8.85. The largest absolute Gasteiger partial charge is 0.483 e. The minimum atomic E-state index is -1.81. The molecule has 0 aliphatic carbocycles. The van der Waals surface area contributed by atoms with Gasteiger partial charge in [0.15, 0.2) is 17.0 Å². The molecule has 0 radical (unpaired) electrons. The molecule has 45 heavy (non-hydrogen) atoms. The predicted molar refractivity (Wildman–Crippen MR) is 156 cm³/mol. The highest BCUT2D eigenvalue weighted by Gasteiger charge is 2.61. The molecule has 1 fully saturated rings. The normalized spacial score (nSPS) is 23.6. The number of alkyl halides is 1. The number of amides is 2. The first-order valence-corrected chi connectivity index (χ1v) is 14.5. The van der Waals surface area contributed by atoms with E-state index >= 15 is 4.39 Å². The number of pyridine rings is 1. The van der Waals surface area contributed by atoms with Gasteiger partial charge in [-0.15, -0.1) is 0 Å². The van der Waals surface area contributed by atoms with Crippen LogP contribution in [-0.2, 0) is 22.7 Å². The lowest BCUT2D eigenvalue weighted by Crippen LogP contribution is -2.55. The van der Waals surface area contributed by atoms with Crippen LogP contribution in [-0.4, -0.2) is 58.6 Å². The number of nitrogens with zero attached hydrogens (tertiary/aromatic N) is 3. The van der Waals surface area contributed by atoms with Crippen LogP contribution in [0, 0.1) is 18.6 Å². The molecule has 4 heterocycles. The maximum atomic E-state index is 16.1. The maximum absolute atomic E-state index is 16.1. The maximum Gasteiger partial charge on any atom is 0.274 e. The highest BCUT2D eigenvalue weighted by molar-refractivity contribution is 5.99. The van der Waals surface area contributed by atoms with E-state index in [1.54, 1.807) is 29.2 Å². The molecule has 3 aliphatic rings. The molecule has 3 aromatic rings. The molecule has 1 aromatic heterocycles. The van der Waals surface area contributed by atoms with Crippen molar-refractivity contribution in [2.45, 2.75) is 63.7 Å². The van der Waals surface area contributed by atoms with Crippen LogP contribution in [0.4, 0.5) is 13.2 Å². The Bertz CT molecular complexity index is 1740. The quantitative estimate of drug-likeness (QED) is 0.441. The number of fused-ring (bicyclic) bond motifs is 5. The summed E-state index contributed by atoms with van der Waals surface area (Å²) in [5.41, 5.74) is -2.06. The number of ether oxygens (including phenoxy) is 2. The first kappa shape index (κ1) is 30.2. The monoisotopic (exact) mass is 624 g/mol. The Labute approximate surface area is 256 Å². The van der Waals surface area contributed by atoms with Gasteiger partial charge in [-0.1, -0.05) is 30.3 Å². The zero-order chi connectivity index (χ0) is 32.0. The Hall–Kier alpha value is -4.81. The molecular weight excluding hydrogens is 593 g/mol. The minimum Gasteiger partial charge on any atom is -0.483 e. The number of aryl methyl sites for hydroxylation is 1. The van der Waals surface area contributed by atoms with Gasteiger partial charge in [0.05, 0.1) is 13.2 Å². The number of benzene rings is 2. The number of rotatable bonds is 6. The van der Waals surface area contributed by atoms with Gasteiger partial charge in [-0.2, -0.15) is 0 Å². The fourth-order valence-electron chi connectivity index (χ4n) is 6.30. The first-order chi connectivity index (χ1) is 21.6. The van der Waals surface area contributed by atoms with Crippen LogP contribution in [0.15, 0.2) is 58.6 Å². The number of oxime groups is 1. The second kappa shape index (κ2) is 11.6. The summed E-state index contributed by atoms with van der Waals surface area (Å²) < 4.78 is 56.8. The molecule has 6 rings (SSSR count). The van der Waals surface area contributed by atoms with E-state index < -0.39 is 52.3 Å². The molecule has 0 saturated carbocycles. The summed E-state index contributed by atoms with van der Waals surface area (Å²) in [6.07, 6.45) is -0.106. The molecule has 3 aliphatic heterocycles. The van der Waals surface area contributed by atoms with E-state index in [4.69, 9.17) is 14.3 Å². The lowest BCUT2D eigenvalue weighted by atomic mass is 9.84. The summed E-state index contributed by atoms with van der Waals surface area (Å²) in [6.45, 7) is 2.86. The number of methoxy groups -OCH3 is 1. The van der Waals surface area contributed by atoms with Crippen molar-refractivity contribution in [1.82, 2.24) is 14.8 Å². The first-order valence-electron chi connectivity index (χ1n) is 14.5. The Morgan fingerprint density at radius 3 is 2.64 bits per heavy atom. The number of hydrogen-bond acceptors (Lipinski definition) is 7. The van der Waals surface area contributed by atoms with Crippen LogP contribution in [0.3, 0.4) is 0 Å². The molecule has 10 nitrogen and oxygen atoms in total. The Kier molecular flexibility index (Phi) is 7.79. The van der Waals surface area contributed by atoms with Crippen molar-refractivity contribution in [2.75, 3.05) is 13.7 Å². The van der Waals surface area contributed by atoms with Crippen LogP contribution < -0.4 is 15.5 Å². The van der Waals surface area contributed by atoms with Crippen molar-refractivity contribution < 1.29 is 37.1 Å². The molecule has 236 valence electrons. The zero-order valence-corrected chi connectivity index (χ0v) is 24.8. The molecule has 1 spiro atoms. The van der Waals surface area contributed by atoms with Gasteiger partial charge in [-0.3, -0.25) is 14.4 Å².